The first-order valence-corrected chi connectivity index (χ1v) is 11.1. The highest BCUT2D eigenvalue weighted by Gasteiger charge is 2.59. The van der Waals surface area contributed by atoms with Gasteiger partial charge in [0.1, 0.15) is 0 Å². The molecule has 1 aromatic carbocycles. The summed E-state index contributed by atoms with van der Waals surface area (Å²) >= 11 is 0. The lowest BCUT2D eigenvalue weighted by Crippen LogP contribution is -2.50. The zero-order chi connectivity index (χ0) is 19.5. The van der Waals surface area contributed by atoms with Crippen molar-refractivity contribution in [3.63, 3.8) is 0 Å². The fraction of sp³-hybridized carbons (Fsp3) is 0.577. The Morgan fingerprint density at radius 1 is 1.00 bits per heavy atom. The molecule has 3 fully saturated rings. The van der Waals surface area contributed by atoms with Gasteiger partial charge in [-0.2, -0.15) is 0 Å². The van der Waals surface area contributed by atoms with Crippen LogP contribution in [0.2, 0.25) is 0 Å². The van der Waals surface area contributed by atoms with Crippen molar-refractivity contribution in [1.82, 2.24) is 0 Å². The van der Waals surface area contributed by atoms with E-state index in [0.717, 1.165) is 56.1 Å². The van der Waals surface area contributed by atoms with Gasteiger partial charge in [-0.25, -0.2) is 0 Å². The number of Topliss-reactive ketones (excluding diaryl/α,β-unsaturated/α-hetero) is 1. The van der Waals surface area contributed by atoms with E-state index in [2.05, 4.69) is 38.1 Å². The minimum absolute atomic E-state index is 0.154. The highest BCUT2D eigenvalue weighted by molar-refractivity contribution is 6.05. The van der Waals surface area contributed by atoms with Gasteiger partial charge in [-0.15, -0.1) is 0 Å². The van der Waals surface area contributed by atoms with E-state index in [0.29, 0.717) is 23.5 Å². The molecule has 0 spiro atoms. The number of allylic oxidation sites excluding steroid dienone is 2. The number of benzene rings is 1. The Balaban J connectivity index is 1.48. The van der Waals surface area contributed by atoms with E-state index in [1.165, 1.54) is 5.57 Å². The van der Waals surface area contributed by atoms with Crippen molar-refractivity contribution >= 4 is 11.9 Å². The van der Waals surface area contributed by atoms with E-state index < -0.39 is 0 Å². The molecule has 0 saturated heterocycles. The number of hydrogen-bond acceptors (Lipinski definition) is 2. The fourth-order valence-corrected chi connectivity index (χ4v) is 7.19. The van der Waals surface area contributed by atoms with Gasteiger partial charge in [0.05, 0.1) is 6.10 Å². The maximum absolute atomic E-state index is 13.4. The lowest BCUT2D eigenvalue weighted by Gasteiger charge is -2.56. The van der Waals surface area contributed by atoms with Gasteiger partial charge in [-0.1, -0.05) is 55.8 Å². The molecule has 0 aromatic heterocycles. The number of hydrogen-bond donors (Lipinski definition) is 1. The second-order valence-corrected chi connectivity index (χ2v) is 10.2. The number of aliphatic hydroxyl groups excluding tert-OH is 1. The van der Waals surface area contributed by atoms with Crippen molar-refractivity contribution in [3.8, 4) is 0 Å². The maximum atomic E-state index is 13.4. The number of ketones is 1. The monoisotopic (exact) mass is 376 g/mol. The van der Waals surface area contributed by atoms with E-state index in [1.807, 2.05) is 18.2 Å². The molecule has 0 amide bonds. The normalized spacial score (nSPS) is 43.9. The van der Waals surface area contributed by atoms with Gasteiger partial charge in [0.25, 0.3) is 0 Å². The first kappa shape index (κ1) is 18.4. The maximum Gasteiger partial charge on any atom is 0.165 e. The molecule has 4 aliphatic rings. The van der Waals surface area contributed by atoms with Gasteiger partial charge in [0.2, 0.25) is 0 Å². The molecular weight excluding hydrogens is 344 g/mol. The third-order valence-electron chi connectivity index (χ3n) is 8.86. The molecule has 0 radical (unpaired) electrons. The second-order valence-electron chi connectivity index (χ2n) is 10.2. The first-order chi connectivity index (χ1) is 13.4. The Labute approximate surface area is 168 Å². The summed E-state index contributed by atoms with van der Waals surface area (Å²) in [5.74, 6) is 2.14. The van der Waals surface area contributed by atoms with E-state index in [-0.39, 0.29) is 16.9 Å². The van der Waals surface area contributed by atoms with Gasteiger partial charge < -0.3 is 5.11 Å². The molecule has 1 N–H and O–H groups in total. The average molecular weight is 377 g/mol. The predicted molar refractivity (Wildman–Crippen MR) is 113 cm³/mol. The third kappa shape index (κ3) is 2.60. The summed E-state index contributed by atoms with van der Waals surface area (Å²) in [7, 11) is 0. The summed E-state index contributed by atoms with van der Waals surface area (Å²) in [5, 5.41) is 10.2. The van der Waals surface area contributed by atoms with Crippen LogP contribution in [0, 0.1) is 28.6 Å². The Morgan fingerprint density at radius 2 is 1.75 bits per heavy atom. The standard InChI is InChI=1S/C26H32O2/c1-25-12-10-20(27)16-19(25)8-9-21-22(25)11-13-26(2)23(21)15-18(24(26)28)14-17-6-4-3-5-7-17/h3-8,14,20-23,27H,9-13,15-16H2,1-2H3/b18-14+/t20-,21+,22-,23-,25+,26-/m1/s1. The first-order valence-electron chi connectivity index (χ1n) is 11.1. The molecule has 148 valence electrons. The van der Waals surface area contributed by atoms with Crippen molar-refractivity contribution in [2.75, 3.05) is 0 Å². The van der Waals surface area contributed by atoms with Crippen LogP contribution < -0.4 is 0 Å². The van der Waals surface area contributed by atoms with Gasteiger partial charge in [0, 0.05) is 5.41 Å². The second kappa shape index (κ2) is 6.42. The molecule has 1 aromatic rings. The molecule has 0 unspecified atom stereocenters. The molecular formula is C26H32O2. The van der Waals surface area contributed by atoms with Crippen LogP contribution in [-0.4, -0.2) is 17.0 Å². The summed E-state index contributed by atoms with van der Waals surface area (Å²) in [4.78, 5) is 13.4. The largest absolute Gasteiger partial charge is 0.393 e. The Bertz CT molecular complexity index is 850. The highest BCUT2D eigenvalue weighted by atomic mass is 16.3. The number of rotatable bonds is 1. The van der Waals surface area contributed by atoms with E-state index in [4.69, 9.17) is 0 Å². The van der Waals surface area contributed by atoms with Crippen LogP contribution in [0.1, 0.15) is 64.4 Å². The SMILES string of the molecule is C[C@@]12CC[C@@H]3[C@H](CC=C4C[C@H](O)CC[C@@]43C)[C@H]1C/C(=C\c1ccccc1)C2=O. The van der Waals surface area contributed by atoms with E-state index in [9.17, 15) is 9.90 Å². The van der Waals surface area contributed by atoms with Crippen LogP contribution in [0.25, 0.3) is 6.08 Å². The van der Waals surface area contributed by atoms with Gasteiger partial charge in [-0.05, 0) is 85.3 Å². The minimum atomic E-state index is -0.183. The van der Waals surface area contributed by atoms with E-state index in [1.54, 1.807) is 0 Å². The number of fused-ring (bicyclic) bond motifs is 5. The fourth-order valence-electron chi connectivity index (χ4n) is 7.19. The quantitative estimate of drug-likeness (QED) is 0.514. The predicted octanol–water partition coefficient (Wildman–Crippen LogP) is 5.57. The van der Waals surface area contributed by atoms with Crippen molar-refractivity contribution in [1.29, 1.82) is 0 Å². The summed E-state index contributed by atoms with van der Waals surface area (Å²) < 4.78 is 0. The zero-order valence-corrected chi connectivity index (χ0v) is 17.2. The van der Waals surface area contributed by atoms with Crippen LogP contribution in [0.4, 0.5) is 0 Å². The van der Waals surface area contributed by atoms with Gasteiger partial charge in [0.15, 0.2) is 5.78 Å². The lowest BCUT2D eigenvalue weighted by molar-refractivity contribution is -0.130. The molecule has 28 heavy (non-hydrogen) atoms. The number of aliphatic hydroxyl groups is 1. The van der Waals surface area contributed by atoms with Gasteiger partial charge >= 0.3 is 0 Å². The Morgan fingerprint density at radius 3 is 2.54 bits per heavy atom. The molecule has 6 atom stereocenters. The molecule has 5 rings (SSSR count). The number of carbonyl (C=O) groups excluding carboxylic acids is 1. The molecule has 2 heteroatoms. The summed E-state index contributed by atoms with van der Waals surface area (Å²) in [6.07, 6.45) is 11.5. The van der Waals surface area contributed by atoms with Crippen molar-refractivity contribution in [2.45, 2.75) is 64.9 Å². The molecule has 2 nitrogen and oxygen atoms in total. The zero-order valence-electron chi connectivity index (χ0n) is 17.2. The average Bonchev–Trinajstić information content (AvgIpc) is 2.94. The molecule has 0 aliphatic heterocycles. The van der Waals surface area contributed by atoms with Crippen molar-refractivity contribution < 1.29 is 9.90 Å². The van der Waals surface area contributed by atoms with Crippen molar-refractivity contribution in [2.24, 2.45) is 28.6 Å². The van der Waals surface area contributed by atoms with Crippen LogP contribution >= 0.6 is 0 Å². The number of carbonyl (C=O) groups is 1. The van der Waals surface area contributed by atoms with Crippen LogP contribution in [-0.2, 0) is 4.79 Å². The van der Waals surface area contributed by atoms with E-state index >= 15 is 0 Å². The highest BCUT2D eigenvalue weighted by Crippen LogP contribution is 2.64. The van der Waals surface area contributed by atoms with Crippen molar-refractivity contribution in [3.05, 3.63) is 53.1 Å². The molecule has 4 aliphatic carbocycles. The summed E-state index contributed by atoms with van der Waals surface area (Å²) in [5.41, 5.74) is 3.73. The molecule has 0 bridgehead atoms. The third-order valence-corrected chi connectivity index (χ3v) is 8.86. The smallest absolute Gasteiger partial charge is 0.165 e. The van der Waals surface area contributed by atoms with Gasteiger partial charge in [-0.3, -0.25) is 4.79 Å². The summed E-state index contributed by atoms with van der Waals surface area (Å²) in [6.45, 7) is 4.69. The van der Waals surface area contributed by atoms with Crippen LogP contribution in [0.3, 0.4) is 0 Å². The molecule has 0 heterocycles. The lowest BCUT2D eigenvalue weighted by atomic mass is 9.48. The Hall–Kier alpha value is -1.67. The Kier molecular flexibility index (Phi) is 4.21. The minimum Gasteiger partial charge on any atom is -0.393 e. The van der Waals surface area contributed by atoms with Crippen LogP contribution in [0.5, 0.6) is 0 Å². The molecule has 3 saturated carbocycles. The summed E-state index contributed by atoms with van der Waals surface area (Å²) in [6, 6.07) is 10.3. The van der Waals surface area contributed by atoms with Crippen LogP contribution in [0.15, 0.2) is 47.6 Å². The topological polar surface area (TPSA) is 37.3 Å².